The van der Waals surface area contributed by atoms with E-state index in [1.54, 1.807) is 30.3 Å². The van der Waals surface area contributed by atoms with Crippen LogP contribution in [0.2, 0.25) is 0 Å². The molecule has 1 heterocycles. The van der Waals surface area contributed by atoms with Gasteiger partial charge in [-0.1, -0.05) is 30.3 Å². The maximum absolute atomic E-state index is 11.7. The Balaban J connectivity index is 2.36. The van der Waals surface area contributed by atoms with Gasteiger partial charge in [0.05, 0.1) is 0 Å². The number of rotatable bonds is 4. The molecule has 6 nitrogen and oxygen atoms in total. The molecule has 1 aromatic rings. The van der Waals surface area contributed by atoms with Gasteiger partial charge in [0.25, 0.3) is 0 Å². The minimum atomic E-state index is -3.46. The molecule has 1 aromatic carbocycles. The van der Waals surface area contributed by atoms with E-state index in [2.05, 4.69) is 5.32 Å². The van der Waals surface area contributed by atoms with Crippen LogP contribution in [0.15, 0.2) is 30.3 Å². The van der Waals surface area contributed by atoms with Crippen LogP contribution in [-0.4, -0.2) is 31.9 Å². The molecule has 3 unspecified atom stereocenters. The molecule has 1 N–H and O–H groups in total. The van der Waals surface area contributed by atoms with Crippen LogP contribution in [0.25, 0.3) is 0 Å². The summed E-state index contributed by atoms with van der Waals surface area (Å²) in [6.45, 7) is 1.22. The molecule has 1 aliphatic heterocycles. The van der Waals surface area contributed by atoms with Crippen LogP contribution in [-0.2, 0) is 24.2 Å². The van der Waals surface area contributed by atoms with Crippen molar-refractivity contribution in [1.82, 2.24) is 5.32 Å². The van der Waals surface area contributed by atoms with Crippen molar-refractivity contribution in [3.8, 4) is 0 Å². The van der Waals surface area contributed by atoms with E-state index < -0.39 is 39.1 Å². The van der Waals surface area contributed by atoms with E-state index in [-0.39, 0.29) is 0 Å². The molecule has 0 spiro atoms. The predicted molar refractivity (Wildman–Crippen MR) is 71.2 cm³/mol. The summed E-state index contributed by atoms with van der Waals surface area (Å²) in [5.74, 6) is -1.92. The topological polar surface area (TPSA) is 89.5 Å². The van der Waals surface area contributed by atoms with Crippen LogP contribution in [0, 0.1) is 5.92 Å². The zero-order valence-electron chi connectivity index (χ0n) is 11.1. The van der Waals surface area contributed by atoms with Crippen molar-refractivity contribution in [1.29, 1.82) is 0 Å². The lowest BCUT2D eigenvalue weighted by atomic mass is 9.89. The Morgan fingerprint density at radius 1 is 1.30 bits per heavy atom. The number of hydrogen-bond acceptors (Lipinski definition) is 5. The molecule has 1 saturated heterocycles. The Morgan fingerprint density at radius 3 is 2.35 bits per heavy atom. The Bertz CT molecular complexity index is 625. The lowest BCUT2D eigenvalue weighted by molar-refractivity contribution is -0.156. The van der Waals surface area contributed by atoms with Crippen molar-refractivity contribution in [2.75, 3.05) is 6.26 Å². The van der Waals surface area contributed by atoms with Gasteiger partial charge in [-0.05, 0) is 5.56 Å². The molecular formula is C13H15NO5S. The molecule has 0 aliphatic carbocycles. The lowest BCUT2D eigenvalue weighted by Gasteiger charge is -2.39. The number of carbonyl (C=O) groups is 2. The molecule has 20 heavy (non-hydrogen) atoms. The number of sulfone groups is 1. The van der Waals surface area contributed by atoms with Gasteiger partial charge in [0, 0.05) is 13.2 Å². The Morgan fingerprint density at radius 2 is 1.90 bits per heavy atom. The first-order chi connectivity index (χ1) is 9.30. The van der Waals surface area contributed by atoms with E-state index in [0.717, 1.165) is 6.26 Å². The highest BCUT2D eigenvalue weighted by Gasteiger charge is 2.51. The first-order valence-corrected chi connectivity index (χ1v) is 7.97. The third kappa shape index (κ3) is 2.82. The summed E-state index contributed by atoms with van der Waals surface area (Å²) in [5.41, 5.74) is 0.594. The Kier molecular flexibility index (Phi) is 3.80. The van der Waals surface area contributed by atoms with Crippen molar-refractivity contribution >= 4 is 21.7 Å². The third-order valence-corrected chi connectivity index (χ3v) is 4.46. The molecule has 1 fully saturated rings. The van der Waals surface area contributed by atoms with Crippen LogP contribution in [0.4, 0.5) is 0 Å². The van der Waals surface area contributed by atoms with Gasteiger partial charge in [-0.15, -0.1) is 0 Å². The maximum atomic E-state index is 11.7. The van der Waals surface area contributed by atoms with Crippen LogP contribution in [0.3, 0.4) is 0 Å². The van der Waals surface area contributed by atoms with Gasteiger partial charge in [0.1, 0.15) is 17.4 Å². The smallest absolute Gasteiger partial charge is 0.303 e. The van der Waals surface area contributed by atoms with Crippen molar-refractivity contribution < 1.29 is 22.7 Å². The van der Waals surface area contributed by atoms with Gasteiger partial charge in [-0.3, -0.25) is 9.59 Å². The summed E-state index contributed by atoms with van der Waals surface area (Å²) >= 11 is 0. The highest BCUT2D eigenvalue weighted by molar-refractivity contribution is 7.91. The summed E-state index contributed by atoms with van der Waals surface area (Å²) in [6, 6.07) is 8.63. The highest BCUT2D eigenvalue weighted by Crippen LogP contribution is 2.35. The van der Waals surface area contributed by atoms with Gasteiger partial charge in [0.15, 0.2) is 9.84 Å². The molecule has 0 bridgehead atoms. The van der Waals surface area contributed by atoms with E-state index in [9.17, 15) is 18.0 Å². The largest absolute Gasteiger partial charge is 0.457 e. The summed E-state index contributed by atoms with van der Waals surface area (Å²) in [5, 5.41) is 1.31. The van der Waals surface area contributed by atoms with Gasteiger partial charge in [-0.25, -0.2) is 8.42 Å². The minimum absolute atomic E-state index is 0.435. The average molecular weight is 297 g/mol. The van der Waals surface area contributed by atoms with Crippen LogP contribution >= 0.6 is 0 Å². The second-order valence-corrected chi connectivity index (χ2v) is 6.89. The summed E-state index contributed by atoms with van der Waals surface area (Å²) < 4.78 is 28.4. The second kappa shape index (κ2) is 5.24. The zero-order valence-corrected chi connectivity index (χ0v) is 11.9. The van der Waals surface area contributed by atoms with Gasteiger partial charge < -0.3 is 10.1 Å². The van der Waals surface area contributed by atoms with E-state index in [0.29, 0.717) is 5.56 Å². The van der Waals surface area contributed by atoms with E-state index >= 15 is 0 Å². The second-order valence-electron chi connectivity index (χ2n) is 4.73. The maximum Gasteiger partial charge on any atom is 0.303 e. The number of β-lactam (4-membered cyclic amide) rings is 1. The quantitative estimate of drug-likeness (QED) is 0.642. The van der Waals surface area contributed by atoms with E-state index in [4.69, 9.17) is 4.74 Å². The van der Waals surface area contributed by atoms with Gasteiger partial charge >= 0.3 is 5.97 Å². The number of amides is 1. The molecule has 7 heteroatoms. The van der Waals surface area contributed by atoms with Crippen LogP contribution < -0.4 is 5.32 Å². The monoisotopic (exact) mass is 297 g/mol. The standard InChI is InChI=1S/C13H15NO5S/c1-8(15)19-11(9-6-4-3-5-7-9)10-12(16)14-13(10)20(2,17)18/h3-7,10-11,13H,1-2H3,(H,14,16). The first kappa shape index (κ1) is 14.5. The lowest BCUT2D eigenvalue weighted by Crippen LogP contribution is -2.63. The van der Waals surface area contributed by atoms with E-state index in [1.807, 2.05) is 0 Å². The molecule has 0 saturated carbocycles. The summed E-state index contributed by atoms with van der Waals surface area (Å²) in [7, 11) is -3.46. The van der Waals surface area contributed by atoms with Crippen LogP contribution in [0.1, 0.15) is 18.6 Å². The predicted octanol–water partition coefficient (Wildman–Crippen LogP) is 0.408. The summed E-state index contributed by atoms with van der Waals surface area (Å²) in [4.78, 5) is 22.9. The third-order valence-electron chi connectivity index (χ3n) is 3.12. The van der Waals surface area contributed by atoms with Gasteiger partial charge in [0.2, 0.25) is 5.91 Å². The molecule has 0 aromatic heterocycles. The number of nitrogens with one attached hydrogen (secondary N) is 1. The molecule has 3 atom stereocenters. The SMILES string of the molecule is CC(=O)OC(c1ccccc1)C1C(=O)NC1S(C)(=O)=O. The first-order valence-electron chi connectivity index (χ1n) is 6.02. The fourth-order valence-corrected chi connectivity index (χ4v) is 3.34. The average Bonchev–Trinajstić information content (AvgIpc) is 2.34. The van der Waals surface area contributed by atoms with Crippen molar-refractivity contribution in [2.45, 2.75) is 18.4 Å². The fourth-order valence-electron chi connectivity index (χ4n) is 2.21. The molecular weight excluding hydrogens is 282 g/mol. The minimum Gasteiger partial charge on any atom is -0.457 e. The fraction of sp³-hybridized carbons (Fsp3) is 0.385. The summed E-state index contributed by atoms with van der Waals surface area (Å²) in [6.07, 6.45) is 0.141. The molecule has 1 amide bonds. The van der Waals surface area contributed by atoms with Crippen molar-refractivity contribution in [3.05, 3.63) is 35.9 Å². The Hall–Kier alpha value is -1.89. The van der Waals surface area contributed by atoms with Crippen molar-refractivity contribution in [2.24, 2.45) is 5.92 Å². The molecule has 108 valence electrons. The molecule has 0 radical (unpaired) electrons. The Labute approximate surface area is 117 Å². The molecule has 2 rings (SSSR count). The number of esters is 1. The molecule has 1 aliphatic rings. The van der Waals surface area contributed by atoms with Gasteiger partial charge in [-0.2, -0.15) is 0 Å². The number of carbonyl (C=O) groups excluding carboxylic acids is 2. The number of hydrogen-bond donors (Lipinski definition) is 1. The van der Waals surface area contributed by atoms with Crippen LogP contribution in [0.5, 0.6) is 0 Å². The number of ether oxygens (including phenoxy) is 1. The van der Waals surface area contributed by atoms with E-state index in [1.165, 1.54) is 6.92 Å². The number of benzene rings is 1. The zero-order chi connectivity index (χ0) is 14.9. The normalized spacial score (nSPS) is 23.4. The highest BCUT2D eigenvalue weighted by atomic mass is 32.2. The van der Waals surface area contributed by atoms with Crippen molar-refractivity contribution in [3.63, 3.8) is 0 Å².